The van der Waals surface area contributed by atoms with Gasteiger partial charge in [-0.2, -0.15) is 0 Å². The van der Waals surface area contributed by atoms with Gasteiger partial charge >= 0.3 is 5.97 Å². The Kier molecular flexibility index (Phi) is 9.46. The van der Waals surface area contributed by atoms with Gasteiger partial charge in [-0.1, -0.05) is 0 Å². The van der Waals surface area contributed by atoms with Gasteiger partial charge in [0.1, 0.15) is 0 Å². The first kappa shape index (κ1) is 14.3. The number of unbranched alkanes of at least 4 members (excludes halogenated alkanes) is 2. The van der Waals surface area contributed by atoms with Gasteiger partial charge in [0.05, 0.1) is 6.54 Å². The molecule has 15 heavy (non-hydrogen) atoms. The maximum absolute atomic E-state index is 10.5. The molecule has 0 unspecified atom stereocenters. The Morgan fingerprint density at radius 3 is 1.73 bits per heavy atom. The molecule has 90 valence electrons. The molecule has 0 aliphatic heterocycles. The van der Waals surface area contributed by atoms with Crippen molar-refractivity contribution in [1.29, 1.82) is 0 Å². The zero-order chi connectivity index (χ0) is 11.5. The number of carbonyl (C=O) groups is 1. The van der Waals surface area contributed by atoms with Gasteiger partial charge in [0.25, 0.3) is 0 Å². The van der Waals surface area contributed by atoms with Crippen LogP contribution in [0.1, 0.15) is 25.7 Å². The number of aliphatic hydroxyl groups is 2. The Hall–Kier alpha value is -0.650. The molecule has 3 N–H and O–H groups in total. The number of aliphatic carboxylic acids is 1. The van der Waals surface area contributed by atoms with Crippen LogP contribution in [0.25, 0.3) is 0 Å². The Morgan fingerprint density at radius 1 is 0.933 bits per heavy atom. The molecule has 0 aromatic heterocycles. The zero-order valence-electron chi connectivity index (χ0n) is 9.06. The van der Waals surface area contributed by atoms with Crippen molar-refractivity contribution in [3.63, 3.8) is 0 Å². The zero-order valence-corrected chi connectivity index (χ0v) is 9.06. The van der Waals surface area contributed by atoms with Crippen LogP contribution in [-0.4, -0.2) is 59.0 Å². The molecule has 0 aromatic rings. The van der Waals surface area contributed by atoms with E-state index in [1.165, 1.54) is 0 Å². The summed E-state index contributed by atoms with van der Waals surface area (Å²) in [7, 11) is 0. The fraction of sp³-hybridized carbons (Fsp3) is 0.900. The topological polar surface area (TPSA) is 81.0 Å². The second-order valence-electron chi connectivity index (χ2n) is 3.53. The van der Waals surface area contributed by atoms with E-state index in [1.54, 1.807) is 0 Å². The second kappa shape index (κ2) is 9.89. The van der Waals surface area contributed by atoms with Crippen LogP contribution in [0.4, 0.5) is 0 Å². The monoisotopic (exact) mass is 219 g/mol. The maximum Gasteiger partial charge on any atom is 0.317 e. The average Bonchev–Trinajstić information content (AvgIpc) is 2.17. The fourth-order valence-corrected chi connectivity index (χ4v) is 1.36. The minimum absolute atomic E-state index is 0.0385. The lowest BCUT2D eigenvalue weighted by atomic mass is 10.2. The van der Waals surface area contributed by atoms with Gasteiger partial charge in [-0.3, -0.25) is 9.69 Å². The fourth-order valence-electron chi connectivity index (χ4n) is 1.36. The summed E-state index contributed by atoms with van der Waals surface area (Å²) in [4.78, 5) is 12.4. The molecule has 0 aromatic carbocycles. The van der Waals surface area contributed by atoms with Gasteiger partial charge in [0.2, 0.25) is 0 Å². The smallest absolute Gasteiger partial charge is 0.317 e. The number of nitrogens with zero attached hydrogens (tertiary/aromatic N) is 1. The van der Waals surface area contributed by atoms with Crippen molar-refractivity contribution < 1.29 is 20.1 Å². The van der Waals surface area contributed by atoms with Crippen molar-refractivity contribution in [1.82, 2.24) is 4.90 Å². The first-order chi connectivity index (χ1) is 7.20. The number of rotatable bonds is 10. The highest BCUT2D eigenvalue weighted by molar-refractivity contribution is 5.69. The van der Waals surface area contributed by atoms with Gasteiger partial charge in [-0.25, -0.2) is 0 Å². The van der Waals surface area contributed by atoms with Gasteiger partial charge in [0, 0.05) is 13.2 Å². The molecular formula is C10H21NO4. The molecule has 0 spiro atoms. The highest BCUT2D eigenvalue weighted by Gasteiger charge is 2.08. The lowest BCUT2D eigenvalue weighted by molar-refractivity contribution is -0.138. The van der Waals surface area contributed by atoms with E-state index in [-0.39, 0.29) is 19.8 Å². The van der Waals surface area contributed by atoms with E-state index in [0.717, 1.165) is 12.8 Å². The number of hydrogen-bond acceptors (Lipinski definition) is 4. The summed E-state index contributed by atoms with van der Waals surface area (Å²) < 4.78 is 0. The SMILES string of the molecule is O=C(O)CN(CCCCO)CCCCO. The molecule has 0 saturated carbocycles. The van der Waals surface area contributed by atoms with Crippen LogP contribution in [0.15, 0.2) is 0 Å². The third-order valence-corrected chi connectivity index (χ3v) is 2.12. The Bertz CT molecular complexity index is 154. The largest absolute Gasteiger partial charge is 0.480 e. The standard InChI is InChI=1S/C10H21NO4/c12-7-3-1-5-11(9-10(14)15)6-2-4-8-13/h12-13H,1-9H2,(H,14,15). The lowest BCUT2D eigenvalue weighted by Gasteiger charge is -2.19. The predicted octanol–water partition coefficient (Wildman–Crippen LogP) is -0.0820. The Balaban J connectivity index is 3.68. The lowest BCUT2D eigenvalue weighted by Crippen LogP contribution is -2.31. The number of carboxylic acids is 1. The average molecular weight is 219 g/mol. The van der Waals surface area contributed by atoms with Crippen molar-refractivity contribution in [3.8, 4) is 0 Å². The molecule has 0 atom stereocenters. The van der Waals surface area contributed by atoms with E-state index in [9.17, 15) is 4.79 Å². The van der Waals surface area contributed by atoms with E-state index in [0.29, 0.717) is 25.9 Å². The van der Waals surface area contributed by atoms with Crippen LogP contribution in [0.3, 0.4) is 0 Å². The molecule has 0 fully saturated rings. The minimum atomic E-state index is -0.831. The normalized spacial score (nSPS) is 10.9. The van der Waals surface area contributed by atoms with E-state index >= 15 is 0 Å². The van der Waals surface area contributed by atoms with E-state index in [1.807, 2.05) is 4.90 Å². The molecule has 0 aliphatic rings. The molecule has 0 bridgehead atoms. The summed E-state index contributed by atoms with van der Waals surface area (Å²) >= 11 is 0. The molecule has 0 saturated heterocycles. The molecule has 0 rings (SSSR count). The van der Waals surface area contributed by atoms with Crippen molar-refractivity contribution in [3.05, 3.63) is 0 Å². The quantitative estimate of drug-likeness (QED) is 0.448. The molecule has 5 nitrogen and oxygen atoms in total. The predicted molar refractivity (Wildman–Crippen MR) is 56.7 cm³/mol. The van der Waals surface area contributed by atoms with E-state index in [4.69, 9.17) is 15.3 Å². The molecular weight excluding hydrogens is 198 g/mol. The van der Waals surface area contributed by atoms with E-state index < -0.39 is 5.97 Å². The third-order valence-electron chi connectivity index (χ3n) is 2.12. The minimum Gasteiger partial charge on any atom is -0.480 e. The summed E-state index contributed by atoms with van der Waals surface area (Å²) in [5, 5.41) is 25.9. The Labute approximate surface area is 90.3 Å². The highest BCUT2D eigenvalue weighted by atomic mass is 16.4. The van der Waals surface area contributed by atoms with Gasteiger partial charge in [-0.15, -0.1) is 0 Å². The molecule has 0 amide bonds. The molecule has 0 radical (unpaired) electrons. The first-order valence-corrected chi connectivity index (χ1v) is 5.36. The summed E-state index contributed by atoms with van der Waals surface area (Å²) in [5.74, 6) is -0.831. The number of aliphatic hydroxyl groups excluding tert-OH is 2. The molecule has 0 aliphatic carbocycles. The number of carboxylic acid groups (broad SMARTS) is 1. The maximum atomic E-state index is 10.5. The van der Waals surface area contributed by atoms with Crippen LogP contribution >= 0.6 is 0 Å². The second-order valence-corrected chi connectivity index (χ2v) is 3.53. The van der Waals surface area contributed by atoms with Crippen LogP contribution in [0, 0.1) is 0 Å². The van der Waals surface area contributed by atoms with Crippen LogP contribution in [-0.2, 0) is 4.79 Å². The number of hydrogen-bond donors (Lipinski definition) is 3. The van der Waals surface area contributed by atoms with E-state index in [2.05, 4.69) is 0 Å². The van der Waals surface area contributed by atoms with Crippen LogP contribution < -0.4 is 0 Å². The van der Waals surface area contributed by atoms with Crippen molar-refractivity contribution >= 4 is 5.97 Å². The highest BCUT2D eigenvalue weighted by Crippen LogP contribution is 1.98. The van der Waals surface area contributed by atoms with Crippen molar-refractivity contribution in [2.75, 3.05) is 32.8 Å². The van der Waals surface area contributed by atoms with Gasteiger partial charge < -0.3 is 15.3 Å². The van der Waals surface area contributed by atoms with Crippen LogP contribution in [0.2, 0.25) is 0 Å². The summed E-state index contributed by atoms with van der Waals surface area (Å²) in [6.07, 6.45) is 3.03. The summed E-state index contributed by atoms with van der Waals surface area (Å²) in [6, 6.07) is 0. The van der Waals surface area contributed by atoms with Gasteiger partial charge in [-0.05, 0) is 38.8 Å². The molecule has 0 heterocycles. The third kappa shape index (κ3) is 9.65. The van der Waals surface area contributed by atoms with Gasteiger partial charge in [0.15, 0.2) is 0 Å². The Morgan fingerprint density at radius 2 is 1.40 bits per heavy atom. The summed E-state index contributed by atoms with van der Waals surface area (Å²) in [6.45, 7) is 1.72. The first-order valence-electron chi connectivity index (χ1n) is 5.36. The van der Waals surface area contributed by atoms with Crippen LogP contribution in [0.5, 0.6) is 0 Å². The van der Waals surface area contributed by atoms with Crippen molar-refractivity contribution in [2.45, 2.75) is 25.7 Å². The van der Waals surface area contributed by atoms with Crippen molar-refractivity contribution in [2.24, 2.45) is 0 Å². The summed E-state index contributed by atoms with van der Waals surface area (Å²) in [5.41, 5.74) is 0. The molecule has 5 heteroatoms.